The fraction of sp³-hybridized carbons (Fsp3) is 0.667. The lowest BCUT2D eigenvalue weighted by atomic mass is 10.2. The Kier molecular flexibility index (Phi) is 6.11. The van der Waals surface area contributed by atoms with E-state index in [0.717, 1.165) is 13.1 Å². The number of nitrogens with zero attached hydrogens (tertiary/aromatic N) is 4. The number of sulfonamides is 1. The molecule has 3 heterocycles. The molecule has 0 saturated carbocycles. The van der Waals surface area contributed by atoms with Gasteiger partial charge in [-0.15, -0.1) is 0 Å². The van der Waals surface area contributed by atoms with Gasteiger partial charge in [-0.3, -0.25) is 4.79 Å². The summed E-state index contributed by atoms with van der Waals surface area (Å²) in [5.74, 6) is -0.700. The van der Waals surface area contributed by atoms with Crippen LogP contribution in [0.25, 0.3) is 0 Å². The van der Waals surface area contributed by atoms with E-state index in [2.05, 4.69) is 4.90 Å². The predicted molar refractivity (Wildman–Crippen MR) is 102 cm³/mol. The molecule has 2 aliphatic rings. The number of aromatic nitrogens is 1. The molecule has 0 aliphatic carbocycles. The summed E-state index contributed by atoms with van der Waals surface area (Å²) in [4.78, 5) is 28.9. The van der Waals surface area contributed by atoms with Crippen LogP contribution in [-0.4, -0.2) is 91.4 Å². The summed E-state index contributed by atoms with van der Waals surface area (Å²) in [6.07, 6.45) is 2.56. The van der Waals surface area contributed by atoms with Crippen LogP contribution in [0, 0.1) is 0 Å². The van der Waals surface area contributed by atoms with Crippen LogP contribution in [0.1, 0.15) is 30.3 Å². The SMILES string of the molecule is CCOC(=O)c1cc(S(=O)(=O)N2CCC[C@@H]2C(=O)N2CCN(C)CC2)cn1C. The number of carbonyl (C=O) groups excluding carboxylic acids is 2. The number of carbonyl (C=O) groups is 2. The van der Waals surface area contributed by atoms with Crippen molar-refractivity contribution in [2.45, 2.75) is 30.7 Å². The smallest absolute Gasteiger partial charge is 0.354 e. The minimum Gasteiger partial charge on any atom is -0.461 e. The molecule has 9 nitrogen and oxygen atoms in total. The van der Waals surface area contributed by atoms with Crippen LogP contribution in [0.15, 0.2) is 17.2 Å². The third-order valence-electron chi connectivity index (χ3n) is 5.37. The van der Waals surface area contributed by atoms with Gasteiger partial charge in [-0.25, -0.2) is 13.2 Å². The molecule has 156 valence electrons. The van der Waals surface area contributed by atoms with Gasteiger partial charge in [-0.2, -0.15) is 4.31 Å². The first-order valence-electron chi connectivity index (χ1n) is 9.58. The maximum absolute atomic E-state index is 13.2. The van der Waals surface area contributed by atoms with Crippen molar-refractivity contribution in [3.05, 3.63) is 18.0 Å². The zero-order valence-corrected chi connectivity index (χ0v) is 17.4. The average molecular weight is 413 g/mol. The number of piperazine rings is 1. The Hall–Kier alpha value is -1.91. The Balaban J connectivity index is 1.82. The van der Waals surface area contributed by atoms with Gasteiger partial charge in [0.15, 0.2) is 0 Å². The van der Waals surface area contributed by atoms with Crippen LogP contribution in [0.4, 0.5) is 0 Å². The van der Waals surface area contributed by atoms with E-state index in [1.54, 1.807) is 18.9 Å². The number of aryl methyl sites for hydroxylation is 1. The van der Waals surface area contributed by atoms with E-state index in [1.807, 2.05) is 7.05 Å². The minimum absolute atomic E-state index is 0.0103. The average Bonchev–Trinajstić information content (AvgIpc) is 3.29. The normalized spacial score (nSPS) is 21.8. The van der Waals surface area contributed by atoms with Crippen LogP contribution >= 0.6 is 0 Å². The lowest BCUT2D eigenvalue weighted by Gasteiger charge is -2.35. The van der Waals surface area contributed by atoms with Gasteiger partial charge >= 0.3 is 5.97 Å². The van der Waals surface area contributed by atoms with Gasteiger partial charge in [0.1, 0.15) is 16.6 Å². The molecule has 2 saturated heterocycles. The first-order chi connectivity index (χ1) is 13.3. The summed E-state index contributed by atoms with van der Waals surface area (Å²) in [6.45, 7) is 4.99. The summed E-state index contributed by atoms with van der Waals surface area (Å²) >= 11 is 0. The molecule has 0 aromatic carbocycles. The van der Waals surface area contributed by atoms with Gasteiger partial charge in [0.05, 0.1) is 6.61 Å². The number of hydrogen-bond acceptors (Lipinski definition) is 6. The van der Waals surface area contributed by atoms with Crippen LogP contribution < -0.4 is 0 Å². The first-order valence-corrected chi connectivity index (χ1v) is 11.0. The Morgan fingerprint density at radius 3 is 2.46 bits per heavy atom. The molecule has 0 unspecified atom stereocenters. The monoisotopic (exact) mass is 412 g/mol. The first kappa shape index (κ1) is 20.8. The Labute approximate surface area is 165 Å². The highest BCUT2D eigenvalue weighted by Gasteiger charge is 2.42. The van der Waals surface area contributed by atoms with Crippen molar-refractivity contribution < 1.29 is 22.7 Å². The molecule has 10 heteroatoms. The zero-order valence-electron chi connectivity index (χ0n) is 16.6. The van der Waals surface area contributed by atoms with Gasteiger partial charge in [0.2, 0.25) is 15.9 Å². The van der Waals surface area contributed by atoms with Crippen LogP contribution in [0.3, 0.4) is 0 Å². The largest absolute Gasteiger partial charge is 0.461 e. The quantitative estimate of drug-likeness (QED) is 0.639. The van der Waals surface area contributed by atoms with E-state index in [0.29, 0.717) is 32.5 Å². The second kappa shape index (κ2) is 8.22. The van der Waals surface area contributed by atoms with E-state index in [9.17, 15) is 18.0 Å². The molecule has 1 aromatic rings. The molecule has 2 fully saturated rings. The van der Waals surface area contributed by atoms with Crippen LogP contribution in [-0.2, 0) is 26.6 Å². The molecule has 1 amide bonds. The van der Waals surface area contributed by atoms with E-state index >= 15 is 0 Å². The van der Waals surface area contributed by atoms with Crippen molar-refractivity contribution >= 4 is 21.9 Å². The van der Waals surface area contributed by atoms with E-state index in [4.69, 9.17) is 4.74 Å². The summed E-state index contributed by atoms with van der Waals surface area (Å²) in [5, 5.41) is 0. The molecule has 0 spiro atoms. The fourth-order valence-corrected chi connectivity index (χ4v) is 5.45. The minimum atomic E-state index is -3.89. The lowest BCUT2D eigenvalue weighted by molar-refractivity contribution is -0.136. The zero-order chi connectivity index (χ0) is 20.5. The number of rotatable bonds is 5. The number of ether oxygens (including phenoxy) is 1. The fourth-order valence-electron chi connectivity index (χ4n) is 3.73. The van der Waals surface area contributed by atoms with Crippen LogP contribution in [0.5, 0.6) is 0 Å². The van der Waals surface area contributed by atoms with Gasteiger partial charge in [0.25, 0.3) is 0 Å². The van der Waals surface area contributed by atoms with Gasteiger partial charge in [0, 0.05) is 46.0 Å². The number of likely N-dealkylation sites (N-methyl/N-ethyl adjacent to an activating group) is 1. The van der Waals surface area contributed by atoms with Crippen molar-refractivity contribution in [2.24, 2.45) is 7.05 Å². The topological polar surface area (TPSA) is 92.2 Å². The second-order valence-corrected chi connectivity index (χ2v) is 9.19. The highest BCUT2D eigenvalue weighted by molar-refractivity contribution is 7.89. The molecular formula is C18H28N4O5S. The summed E-state index contributed by atoms with van der Waals surface area (Å²) in [5.41, 5.74) is 0.168. The molecule has 1 aromatic heterocycles. The van der Waals surface area contributed by atoms with E-state index < -0.39 is 22.0 Å². The van der Waals surface area contributed by atoms with Crippen molar-refractivity contribution in [3.8, 4) is 0 Å². The molecule has 3 rings (SSSR count). The molecule has 1 atom stereocenters. The van der Waals surface area contributed by atoms with Gasteiger partial charge in [-0.05, 0) is 32.9 Å². The molecule has 28 heavy (non-hydrogen) atoms. The molecule has 2 aliphatic heterocycles. The maximum Gasteiger partial charge on any atom is 0.354 e. The Morgan fingerprint density at radius 1 is 1.14 bits per heavy atom. The number of amides is 1. The third-order valence-corrected chi connectivity index (χ3v) is 7.25. The maximum atomic E-state index is 13.2. The summed E-state index contributed by atoms with van der Waals surface area (Å²) < 4.78 is 34.1. The van der Waals surface area contributed by atoms with Gasteiger partial charge < -0.3 is 19.1 Å². The predicted octanol–water partition coefficient (Wildman–Crippen LogP) is 0.129. The third kappa shape index (κ3) is 3.94. The number of hydrogen-bond donors (Lipinski definition) is 0. The highest BCUT2D eigenvalue weighted by Crippen LogP contribution is 2.28. The molecular weight excluding hydrogens is 384 g/mol. The molecule has 0 N–H and O–H groups in total. The van der Waals surface area contributed by atoms with E-state index in [-0.39, 0.29) is 23.1 Å². The number of esters is 1. The second-order valence-electron chi connectivity index (χ2n) is 7.29. The van der Waals surface area contributed by atoms with Gasteiger partial charge in [-0.1, -0.05) is 0 Å². The summed E-state index contributed by atoms with van der Waals surface area (Å²) in [6, 6.07) is 0.642. The van der Waals surface area contributed by atoms with Crippen molar-refractivity contribution in [1.82, 2.24) is 18.7 Å². The van der Waals surface area contributed by atoms with E-state index in [1.165, 1.54) is 21.1 Å². The molecule has 0 bridgehead atoms. The molecule has 0 radical (unpaired) electrons. The summed E-state index contributed by atoms with van der Waals surface area (Å²) in [7, 11) is -0.282. The highest BCUT2D eigenvalue weighted by atomic mass is 32.2. The Morgan fingerprint density at radius 2 is 1.82 bits per heavy atom. The standard InChI is InChI=1S/C18H28N4O5S/c1-4-27-18(24)16-12-14(13-20(16)3)28(25,26)22-7-5-6-15(22)17(23)21-10-8-19(2)9-11-21/h12-13,15H,4-11H2,1-3H3/t15-/m1/s1. The van der Waals surface area contributed by atoms with Crippen molar-refractivity contribution in [2.75, 3.05) is 46.4 Å². The Bertz CT molecular complexity index is 842. The lowest BCUT2D eigenvalue weighted by Crippen LogP contribution is -2.53. The van der Waals surface area contributed by atoms with Crippen molar-refractivity contribution in [1.29, 1.82) is 0 Å². The van der Waals surface area contributed by atoms with Crippen LogP contribution in [0.2, 0.25) is 0 Å². The van der Waals surface area contributed by atoms with Crippen molar-refractivity contribution in [3.63, 3.8) is 0 Å².